The number of morpholine rings is 1. The van der Waals surface area contributed by atoms with Gasteiger partial charge in [0.05, 0.1) is 30.2 Å². The van der Waals surface area contributed by atoms with Gasteiger partial charge in [0.25, 0.3) is 5.56 Å². The van der Waals surface area contributed by atoms with Crippen molar-refractivity contribution in [1.29, 1.82) is 0 Å². The SMILES string of the molecule is O=c1c(Cl)c(NCC2CN(Cc3ccccc3)CCO2)cnn1-c1ccc(C(F)(F)F)cn1. The minimum atomic E-state index is -4.52. The molecule has 1 unspecified atom stereocenters. The van der Waals surface area contributed by atoms with Gasteiger partial charge < -0.3 is 10.1 Å². The largest absolute Gasteiger partial charge is 0.417 e. The van der Waals surface area contributed by atoms with Crippen LogP contribution in [0.25, 0.3) is 5.82 Å². The van der Waals surface area contributed by atoms with E-state index in [4.69, 9.17) is 16.3 Å². The molecule has 1 atom stereocenters. The van der Waals surface area contributed by atoms with Gasteiger partial charge in [-0.1, -0.05) is 41.9 Å². The molecule has 1 aliphatic heterocycles. The molecule has 11 heteroatoms. The van der Waals surface area contributed by atoms with Crippen LogP contribution in [-0.4, -0.2) is 52.0 Å². The molecule has 1 N–H and O–H groups in total. The lowest BCUT2D eigenvalue weighted by Crippen LogP contribution is -2.44. The summed E-state index contributed by atoms with van der Waals surface area (Å²) in [5.74, 6) is -0.0615. The van der Waals surface area contributed by atoms with Crippen LogP contribution in [0.3, 0.4) is 0 Å². The Kier molecular flexibility index (Phi) is 6.96. The molecule has 1 saturated heterocycles. The lowest BCUT2D eigenvalue weighted by Gasteiger charge is -2.33. The average Bonchev–Trinajstić information content (AvgIpc) is 2.80. The Labute approximate surface area is 192 Å². The fraction of sp³-hybridized carbons (Fsp3) is 0.318. The van der Waals surface area contributed by atoms with E-state index in [2.05, 4.69) is 32.4 Å². The van der Waals surface area contributed by atoms with E-state index in [0.717, 1.165) is 29.9 Å². The van der Waals surface area contributed by atoms with Crippen LogP contribution >= 0.6 is 11.6 Å². The van der Waals surface area contributed by atoms with Crippen molar-refractivity contribution < 1.29 is 17.9 Å². The Bertz CT molecular complexity index is 1140. The lowest BCUT2D eigenvalue weighted by molar-refractivity contribution is -0.137. The Morgan fingerprint density at radius 2 is 1.94 bits per heavy atom. The Morgan fingerprint density at radius 1 is 1.15 bits per heavy atom. The normalized spacial score (nSPS) is 17.2. The highest BCUT2D eigenvalue weighted by atomic mass is 35.5. The molecule has 0 radical (unpaired) electrons. The molecule has 3 aromatic rings. The number of hydrogen-bond donors (Lipinski definition) is 1. The van der Waals surface area contributed by atoms with E-state index in [-0.39, 0.29) is 16.9 Å². The predicted molar refractivity (Wildman–Crippen MR) is 118 cm³/mol. The summed E-state index contributed by atoms with van der Waals surface area (Å²) >= 11 is 6.21. The van der Waals surface area contributed by atoms with E-state index in [9.17, 15) is 18.0 Å². The number of aromatic nitrogens is 3. The molecule has 0 amide bonds. The van der Waals surface area contributed by atoms with Crippen LogP contribution < -0.4 is 10.9 Å². The molecule has 33 heavy (non-hydrogen) atoms. The lowest BCUT2D eigenvalue weighted by atomic mass is 10.2. The topological polar surface area (TPSA) is 72.3 Å². The zero-order valence-corrected chi connectivity index (χ0v) is 18.2. The summed E-state index contributed by atoms with van der Waals surface area (Å²) in [5.41, 5.74) is -0.0749. The summed E-state index contributed by atoms with van der Waals surface area (Å²) in [7, 11) is 0. The van der Waals surface area contributed by atoms with Crippen molar-refractivity contribution in [2.24, 2.45) is 0 Å². The number of nitrogens with zero attached hydrogens (tertiary/aromatic N) is 4. The molecule has 0 bridgehead atoms. The summed E-state index contributed by atoms with van der Waals surface area (Å²) in [5, 5.41) is 6.95. The number of benzene rings is 1. The smallest absolute Gasteiger partial charge is 0.380 e. The third kappa shape index (κ3) is 5.70. The van der Waals surface area contributed by atoms with E-state index < -0.39 is 17.3 Å². The number of pyridine rings is 1. The average molecular weight is 480 g/mol. The maximum atomic E-state index is 12.7. The van der Waals surface area contributed by atoms with E-state index in [0.29, 0.717) is 31.6 Å². The van der Waals surface area contributed by atoms with Gasteiger partial charge in [-0.25, -0.2) is 4.98 Å². The zero-order valence-electron chi connectivity index (χ0n) is 17.4. The van der Waals surface area contributed by atoms with Crippen LogP contribution in [0.4, 0.5) is 18.9 Å². The molecule has 1 aromatic carbocycles. The van der Waals surface area contributed by atoms with E-state index in [1.807, 2.05) is 18.2 Å². The third-order valence-electron chi connectivity index (χ3n) is 5.20. The molecule has 1 aliphatic rings. The summed E-state index contributed by atoms with van der Waals surface area (Å²) < 4.78 is 44.8. The second kappa shape index (κ2) is 9.90. The highest BCUT2D eigenvalue weighted by Gasteiger charge is 2.31. The molecule has 0 saturated carbocycles. The van der Waals surface area contributed by atoms with Crippen LogP contribution in [0, 0.1) is 0 Å². The van der Waals surface area contributed by atoms with E-state index in [1.54, 1.807) is 0 Å². The van der Waals surface area contributed by atoms with Gasteiger partial charge in [0.2, 0.25) is 0 Å². The fourth-order valence-electron chi connectivity index (χ4n) is 3.51. The molecular weight excluding hydrogens is 459 g/mol. The zero-order chi connectivity index (χ0) is 23.4. The van der Waals surface area contributed by atoms with Crippen molar-refractivity contribution in [2.45, 2.75) is 18.8 Å². The van der Waals surface area contributed by atoms with Gasteiger partial charge in [-0.3, -0.25) is 9.69 Å². The number of ether oxygens (including phenoxy) is 1. The molecule has 3 heterocycles. The number of alkyl halides is 3. The first-order valence-corrected chi connectivity index (χ1v) is 10.6. The number of rotatable bonds is 6. The predicted octanol–water partition coefficient (Wildman–Crippen LogP) is 3.61. The van der Waals surface area contributed by atoms with Crippen LogP contribution in [0.5, 0.6) is 0 Å². The Hall–Kier alpha value is -2.95. The van der Waals surface area contributed by atoms with Crippen LogP contribution in [0.2, 0.25) is 5.02 Å². The van der Waals surface area contributed by atoms with E-state index >= 15 is 0 Å². The highest BCUT2D eigenvalue weighted by Crippen LogP contribution is 2.28. The Balaban J connectivity index is 1.40. The molecule has 7 nitrogen and oxygen atoms in total. The van der Waals surface area contributed by atoms with Gasteiger partial charge in [-0.2, -0.15) is 23.0 Å². The first-order valence-electron chi connectivity index (χ1n) is 10.2. The number of nitrogens with one attached hydrogen (secondary N) is 1. The second-order valence-electron chi connectivity index (χ2n) is 7.59. The monoisotopic (exact) mass is 479 g/mol. The second-order valence-corrected chi connectivity index (χ2v) is 7.96. The number of halogens is 4. The van der Waals surface area contributed by atoms with Crippen LogP contribution in [0.15, 0.2) is 59.7 Å². The van der Waals surface area contributed by atoms with Crippen molar-refractivity contribution >= 4 is 17.3 Å². The molecule has 4 rings (SSSR count). The first kappa shape index (κ1) is 23.2. The van der Waals surface area contributed by atoms with Crippen molar-refractivity contribution in [2.75, 3.05) is 31.6 Å². The quantitative estimate of drug-likeness (QED) is 0.582. The highest BCUT2D eigenvalue weighted by molar-refractivity contribution is 6.32. The summed E-state index contributed by atoms with van der Waals surface area (Å²) in [6.07, 6.45) is -2.65. The van der Waals surface area contributed by atoms with E-state index in [1.165, 1.54) is 11.8 Å². The molecular formula is C22H21ClF3N5O2. The van der Waals surface area contributed by atoms with Gasteiger partial charge >= 0.3 is 6.18 Å². The minimum Gasteiger partial charge on any atom is -0.380 e. The number of anilines is 1. The maximum Gasteiger partial charge on any atom is 0.417 e. The standard InChI is InChI=1S/C22H21ClF3N5O2/c23-20-18(12-29-31(21(20)32)19-7-6-16(10-28-19)22(24,25)26)27-11-17-14-30(8-9-33-17)13-15-4-2-1-3-5-15/h1-7,10,12,17,27H,8-9,11,13-14H2. The van der Waals surface area contributed by atoms with Gasteiger partial charge in [0.1, 0.15) is 5.02 Å². The summed E-state index contributed by atoms with van der Waals surface area (Å²) in [4.78, 5) is 18.6. The van der Waals surface area contributed by atoms with Gasteiger partial charge in [0.15, 0.2) is 5.82 Å². The summed E-state index contributed by atoms with van der Waals surface area (Å²) in [6, 6.07) is 12.0. The minimum absolute atomic E-state index is 0.0615. The van der Waals surface area contributed by atoms with Gasteiger partial charge in [-0.15, -0.1) is 0 Å². The summed E-state index contributed by atoms with van der Waals surface area (Å²) in [6.45, 7) is 3.35. The molecule has 174 valence electrons. The molecule has 1 fully saturated rings. The van der Waals surface area contributed by atoms with Crippen molar-refractivity contribution in [1.82, 2.24) is 19.7 Å². The number of hydrogen-bond acceptors (Lipinski definition) is 6. The molecule has 0 aliphatic carbocycles. The fourth-order valence-corrected chi connectivity index (χ4v) is 3.71. The van der Waals surface area contributed by atoms with Crippen LogP contribution in [0.1, 0.15) is 11.1 Å². The van der Waals surface area contributed by atoms with Crippen LogP contribution in [-0.2, 0) is 17.5 Å². The van der Waals surface area contributed by atoms with Gasteiger partial charge in [0, 0.05) is 32.4 Å². The van der Waals surface area contributed by atoms with Crippen molar-refractivity contribution in [3.8, 4) is 5.82 Å². The van der Waals surface area contributed by atoms with Gasteiger partial charge in [-0.05, 0) is 17.7 Å². The molecule has 2 aromatic heterocycles. The Morgan fingerprint density at radius 3 is 2.64 bits per heavy atom. The molecule has 0 spiro atoms. The third-order valence-corrected chi connectivity index (χ3v) is 5.57. The van der Waals surface area contributed by atoms with Crippen molar-refractivity contribution in [3.05, 3.63) is 81.4 Å². The maximum absolute atomic E-state index is 12.7. The first-order chi connectivity index (χ1) is 15.8. The van der Waals surface area contributed by atoms with Crippen molar-refractivity contribution in [3.63, 3.8) is 0 Å².